The standard InChI is InChI=1S/C13H20N2O5S/c1-8-5-12(7-13(11(8)4)15(17)18)21(19,20)14-9(2)6-10(3)16/h5,7,9-10,14,16H,6H2,1-4H3. The van der Waals surface area contributed by atoms with Crippen molar-refractivity contribution in [1.82, 2.24) is 4.72 Å². The maximum atomic E-state index is 12.2. The fourth-order valence-corrected chi connectivity index (χ4v) is 3.41. The van der Waals surface area contributed by atoms with Crippen molar-refractivity contribution in [3.05, 3.63) is 33.4 Å². The first-order chi connectivity index (χ1) is 9.54. The van der Waals surface area contributed by atoms with Crippen molar-refractivity contribution < 1.29 is 18.4 Å². The lowest BCUT2D eigenvalue weighted by molar-refractivity contribution is -0.385. The molecule has 1 rings (SSSR count). The lowest BCUT2D eigenvalue weighted by Gasteiger charge is -2.16. The number of nitrogens with one attached hydrogen (secondary N) is 1. The lowest BCUT2D eigenvalue weighted by atomic mass is 10.1. The molecule has 0 bridgehead atoms. The van der Waals surface area contributed by atoms with Crippen LogP contribution in [0, 0.1) is 24.0 Å². The minimum absolute atomic E-state index is 0.144. The maximum absolute atomic E-state index is 12.2. The van der Waals surface area contributed by atoms with Crippen molar-refractivity contribution in [2.24, 2.45) is 0 Å². The molecule has 7 nitrogen and oxygen atoms in total. The molecule has 8 heteroatoms. The van der Waals surface area contributed by atoms with Gasteiger partial charge in [0.25, 0.3) is 5.69 Å². The van der Waals surface area contributed by atoms with Crippen LogP contribution in [-0.4, -0.2) is 30.6 Å². The van der Waals surface area contributed by atoms with Gasteiger partial charge in [0.1, 0.15) is 0 Å². The van der Waals surface area contributed by atoms with E-state index in [4.69, 9.17) is 0 Å². The number of rotatable bonds is 6. The molecule has 1 aromatic rings. The van der Waals surface area contributed by atoms with Crippen molar-refractivity contribution in [3.63, 3.8) is 0 Å². The molecule has 2 N–H and O–H groups in total. The van der Waals surface area contributed by atoms with Gasteiger partial charge in [0.15, 0.2) is 0 Å². The average Bonchev–Trinajstić information content (AvgIpc) is 2.29. The Balaban J connectivity index is 3.17. The molecule has 0 heterocycles. The number of nitro groups is 1. The molecule has 2 unspecified atom stereocenters. The molecule has 0 fully saturated rings. The molecular weight excluding hydrogens is 296 g/mol. The Labute approximate surface area is 124 Å². The highest BCUT2D eigenvalue weighted by Crippen LogP contribution is 2.26. The van der Waals surface area contributed by atoms with E-state index in [1.165, 1.54) is 6.07 Å². The number of sulfonamides is 1. The van der Waals surface area contributed by atoms with Gasteiger partial charge < -0.3 is 5.11 Å². The highest BCUT2D eigenvalue weighted by Gasteiger charge is 2.23. The summed E-state index contributed by atoms with van der Waals surface area (Å²) in [5, 5.41) is 20.2. The van der Waals surface area contributed by atoms with Crippen LogP contribution in [0.3, 0.4) is 0 Å². The Morgan fingerprint density at radius 2 is 1.90 bits per heavy atom. The fraction of sp³-hybridized carbons (Fsp3) is 0.538. The number of aryl methyl sites for hydroxylation is 1. The first-order valence-electron chi connectivity index (χ1n) is 6.50. The molecular formula is C13H20N2O5S. The first-order valence-corrected chi connectivity index (χ1v) is 7.99. The van der Waals surface area contributed by atoms with Crippen molar-refractivity contribution in [1.29, 1.82) is 0 Å². The summed E-state index contributed by atoms with van der Waals surface area (Å²) in [4.78, 5) is 10.2. The second-order valence-electron chi connectivity index (χ2n) is 5.25. The van der Waals surface area contributed by atoms with Gasteiger partial charge in [-0.25, -0.2) is 13.1 Å². The molecule has 118 valence electrons. The number of nitro benzene ring substituents is 1. The van der Waals surface area contributed by atoms with Crippen molar-refractivity contribution >= 4 is 15.7 Å². The maximum Gasteiger partial charge on any atom is 0.273 e. The molecule has 0 saturated heterocycles. The predicted octanol–water partition coefficient (Wildman–Crippen LogP) is 1.65. The van der Waals surface area contributed by atoms with Crippen LogP contribution in [0.4, 0.5) is 5.69 Å². The number of benzene rings is 1. The van der Waals surface area contributed by atoms with Crippen LogP contribution in [0.25, 0.3) is 0 Å². The highest BCUT2D eigenvalue weighted by molar-refractivity contribution is 7.89. The van der Waals surface area contributed by atoms with Crippen LogP contribution in [0.15, 0.2) is 17.0 Å². The quantitative estimate of drug-likeness (QED) is 0.612. The van der Waals surface area contributed by atoms with E-state index in [1.54, 1.807) is 27.7 Å². The summed E-state index contributed by atoms with van der Waals surface area (Å²) in [7, 11) is -3.87. The van der Waals surface area contributed by atoms with E-state index < -0.39 is 27.1 Å². The van der Waals surface area contributed by atoms with Gasteiger partial charge in [-0.3, -0.25) is 10.1 Å². The van der Waals surface area contributed by atoms with E-state index in [0.29, 0.717) is 11.1 Å². The number of hydrogen-bond donors (Lipinski definition) is 2. The Hall–Kier alpha value is -1.51. The molecule has 0 saturated carbocycles. The SMILES string of the molecule is Cc1cc(S(=O)(=O)NC(C)CC(C)O)cc([N+](=O)[O-])c1C. The minimum atomic E-state index is -3.87. The van der Waals surface area contributed by atoms with Crippen molar-refractivity contribution in [3.8, 4) is 0 Å². The predicted molar refractivity (Wildman–Crippen MR) is 78.7 cm³/mol. The molecule has 0 radical (unpaired) electrons. The van der Waals surface area contributed by atoms with Gasteiger partial charge in [0.2, 0.25) is 10.0 Å². The third kappa shape index (κ3) is 4.48. The largest absolute Gasteiger partial charge is 0.393 e. The second kappa shape index (κ2) is 6.50. The molecule has 0 aliphatic heterocycles. The number of aliphatic hydroxyl groups is 1. The zero-order valence-electron chi connectivity index (χ0n) is 12.5. The number of nitrogens with zero attached hydrogens (tertiary/aromatic N) is 1. The van der Waals surface area contributed by atoms with Gasteiger partial charge in [0.05, 0.1) is 15.9 Å². The Morgan fingerprint density at radius 3 is 2.38 bits per heavy atom. The second-order valence-corrected chi connectivity index (χ2v) is 6.96. The molecule has 0 spiro atoms. The van der Waals surface area contributed by atoms with Gasteiger partial charge in [-0.15, -0.1) is 0 Å². The van der Waals surface area contributed by atoms with Crippen LogP contribution in [0.2, 0.25) is 0 Å². The molecule has 1 aromatic carbocycles. The van der Waals surface area contributed by atoms with Gasteiger partial charge in [-0.2, -0.15) is 0 Å². The van der Waals surface area contributed by atoms with Crippen molar-refractivity contribution in [2.45, 2.75) is 51.2 Å². The first kappa shape index (κ1) is 17.5. The van der Waals surface area contributed by atoms with E-state index in [9.17, 15) is 23.6 Å². The smallest absolute Gasteiger partial charge is 0.273 e. The van der Waals surface area contributed by atoms with E-state index in [1.807, 2.05) is 0 Å². The summed E-state index contributed by atoms with van der Waals surface area (Å²) in [6.45, 7) is 6.39. The molecule has 2 atom stereocenters. The fourth-order valence-electron chi connectivity index (χ4n) is 2.05. The van der Waals surface area contributed by atoms with Gasteiger partial charge in [0, 0.05) is 17.7 Å². The number of aliphatic hydroxyl groups excluding tert-OH is 1. The third-order valence-corrected chi connectivity index (χ3v) is 4.74. The topological polar surface area (TPSA) is 110 Å². The minimum Gasteiger partial charge on any atom is -0.393 e. The molecule has 0 amide bonds. The van der Waals surface area contributed by atoms with Crippen LogP contribution < -0.4 is 4.72 Å². The van der Waals surface area contributed by atoms with E-state index >= 15 is 0 Å². The Morgan fingerprint density at radius 1 is 1.33 bits per heavy atom. The molecule has 0 aliphatic rings. The van der Waals surface area contributed by atoms with E-state index in [2.05, 4.69) is 4.72 Å². The van der Waals surface area contributed by atoms with E-state index in [0.717, 1.165) is 6.07 Å². The Kier molecular flexibility index (Phi) is 5.43. The van der Waals surface area contributed by atoms with Crippen LogP contribution in [0.5, 0.6) is 0 Å². The highest BCUT2D eigenvalue weighted by atomic mass is 32.2. The monoisotopic (exact) mass is 316 g/mol. The Bertz CT molecular complexity index is 640. The lowest BCUT2D eigenvalue weighted by Crippen LogP contribution is -2.34. The van der Waals surface area contributed by atoms with E-state index in [-0.39, 0.29) is 17.0 Å². The summed E-state index contributed by atoms with van der Waals surface area (Å²) >= 11 is 0. The third-order valence-electron chi connectivity index (χ3n) is 3.17. The number of hydrogen-bond acceptors (Lipinski definition) is 5. The van der Waals surface area contributed by atoms with Crippen molar-refractivity contribution in [2.75, 3.05) is 0 Å². The van der Waals surface area contributed by atoms with Gasteiger partial charge in [-0.1, -0.05) is 0 Å². The zero-order chi connectivity index (χ0) is 16.4. The molecule has 21 heavy (non-hydrogen) atoms. The van der Waals surface area contributed by atoms with Gasteiger partial charge >= 0.3 is 0 Å². The summed E-state index contributed by atoms with van der Waals surface area (Å²) in [6.07, 6.45) is -0.386. The zero-order valence-corrected chi connectivity index (χ0v) is 13.3. The van der Waals surface area contributed by atoms with Crippen LogP contribution in [-0.2, 0) is 10.0 Å². The molecule has 0 aromatic heterocycles. The van der Waals surface area contributed by atoms with Crippen LogP contribution in [0.1, 0.15) is 31.4 Å². The summed E-state index contributed by atoms with van der Waals surface area (Å²) in [6, 6.07) is 1.98. The normalized spacial score (nSPS) is 14.7. The summed E-state index contributed by atoms with van der Waals surface area (Å²) < 4.78 is 26.9. The van der Waals surface area contributed by atoms with Crippen LogP contribution >= 0.6 is 0 Å². The summed E-state index contributed by atoms with van der Waals surface area (Å²) in [5.41, 5.74) is 0.752. The average molecular weight is 316 g/mol. The molecule has 0 aliphatic carbocycles. The van der Waals surface area contributed by atoms with Gasteiger partial charge in [-0.05, 0) is 45.7 Å². The summed E-state index contributed by atoms with van der Waals surface area (Å²) in [5.74, 6) is 0.